The minimum absolute atomic E-state index is 0.116. The van der Waals surface area contributed by atoms with Gasteiger partial charge in [-0.1, -0.05) is 26.0 Å². The van der Waals surface area contributed by atoms with Crippen LogP contribution >= 0.6 is 0 Å². The quantitative estimate of drug-likeness (QED) is 0.805. The van der Waals surface area contributed by atoms with E-state index in [0.717, 1.165) is 11.3 Å². The molecule has 1 rings (SSSR count). The summed E-state index contributed by atoms with van der Waals surface area (Å²) in [6.07, 6.45) is 0.151. The highest BCUT2D eigenvalue weighted by molar-refractivity contribution is 5.76. The van der Waals surface area contributed by atoms with Crippen LogP contribution in [0.25, 0.3) is 0 Å². The molecule has 0 aliphatic carbocycles. The first-order chi connectivity index (χ1) is 8.49. The third kappa shape index (κ3) is 4.04. The predicted molar refractivity (Wildman–Crippen MR) is 70.7 cm³/mol. The fraction of sp³-hybridized carbons (Fsp3) is 0.500. The minimum Gasteiger partial charge on any atom is -0.497 e. The van der Waals surface area contributed by atoms with E-state index in [1.165, 1.54) is 0 Å². The van der Waals surface area contributed by atoms with E-state index in [4.69, 9.17) is 9.84 Å². The maximum Gasteiger partial charge on any atom is 0.222 e. The van der Waals surface area contributed by atoms with Crippen LogP contribution < -0.4 is 10.1 Å². The molecule has 0 saturated carbocycles. The van der Waals surface area contributed by atoms with Gasteiger partial charge >= 0.3 is 0 Å². The van der Waals surface area contributed by atoms with Crippen molar-refractivity contribution in [2.75, 3.05) is 20.3 Å². The average molecular weight is 251 g/mol. The van der Waals surface area contributed by atoms with Crippen LogP contribution in [0.3, 0.4) is 0 Å². The van der Waals surface area contributed by atoms with Crippen molar-refractivity contribution in [1.82, 2.24) is 5.32 Å². The molecule has 4 nitrogen and oxygen atoms in total. The van der Waals surface area contributed by atoms with E-state index in [1.54, 1.807) is 7.11 Å². The summed E-state index contributed by atoms with van der Waals surface area (Å²) < 4.78 is 5.11. The number of rotatable bonds is 6. The van der Waals surface area contributed by atoms with Gasteiger partial charge in [-0.05, 0) is 17.7 Å². The molecular weight excluding hydrogens is 230 g/mol. The van der Waals surface area contributed by atoms with Crippen molar-refractivity contribution in [3.63, 3.8) is 0 Å². The van der Waals surface area contributed by atoms with Gasteiger partial charge in [-0.3, -0.25) is 4.79 Å². The highest BCUT2D eigenvalue weighted by atomic mass is 16.5. The van der Waals surface area contributed by atoms with Gasteiger partial charge in [-0.2, -0.15) is 0 Å². The van der Waals surface area contributed by atoms with Crippen LogP contribution in [-0.4, -0.2) is 31.3 Å². The molecule has 18 heavy (non-hydrogen) atoms. The summed E-state index contributed by atoms with van der Waals surface area (Å²) in [5, 5.41) is 11.5. The second kappa shape index (κ2) is 6.40. The Morgan fingerprint density at radius 2 is 1.94 bits per heavy atom. The standard InChI is InChI=1S/C14H21NO3/c1-14(2,10-15-13(17)8-9-16)11-4-6-12(18-3)7-5-11/h4-7,16H,8-10H2,1-3H3,(H,15,17). The summed E-state index contributed by atoms with van der Waals surface area (Å²) in [4.78, 5) is 11.3. The van der Waals surface area contributed by atoms with Crippen molar-refractivity contribution < 1.29 is 14.6 Å². The molecule has 0 aliphatic rings. The van der Waals surface area contributed by atoms with E-state index in [9.17, 15) is 4.79 Å². The number of ether oxygens (including phenoxy) is 1. The van der Waals surface area contributed by atoms with Crippen molar-refractivity contribution in [1.29, 1.82) is 0 Å². The van der Waals surface area contributed by atoms with Crippen LogP contribution in [0.2, 0.25) is 0 Å². The third-order valence-corrected chi connectivity index (χ3v) is 2.94. The van der Waals surface area contributed by atoms with Crippen LogP contribution in [0.15, 0.2) is 24.3 Å². The smallest absolute Gasteiger partial charge is 0.222 e. The minimum atomic E-state index is -0.155. The average Bonchev–Trinajstić information content (AvgIpc) is 2.37. The van der Waals surface area contributed by atoms with Crippen molar-refractivity contribution in [3.8, 4) is 5.75 Å². The maximum absolute atomic E-state index is 11.3. The lowest BCUT2D eigenvalue weighted by Gasteiger charge is -2.25. The Balaban J connectivity index is 2.63. The van der Waals surface area contributed by atoms with E-state index in [-0.39, 0.29) is 24.3 Å². The molecule has 0 atom stereocenters. The Hall–Kier alpha value is -1.55. The lowest BCUT2D eigenvalue weighted by Crippen LogP contribution is -2.36. The first-order valence-electron chi connectivity index (χ1n) is 6.01. The van der Waals surface area contributed by atoms with Crippen LogP contribution in [0, 0.1) is 0 Å². The van der Waals surface area contributed by atoms with Gasteiger partial charge in [0.15, 0.2) is 0 Å². The number of hydrogen-bond acceptors (Lipinski definition) is 3. The number of methoxy groups -OCH3 is 1. The summed E-state index contributed by atoms with van der Waals surface area (Å²) >= 11 is 0. The molecule has 100 valence electrons. The van der Waals surface area contributed by atoms with Crippen molar-refractivity contribution in [3.05, 3.63) is 29.8 Å². The second-order valence-corrected chi connectivity index (χ2v) is 4.86. The molecule has 0 spiro atoms. The van der Waals surface area contributed by atoms with Crippen molar-refractivity contribution >= 4 is 5.91 Å². The summed E-state index contributed by atoms with van der Waals surface area (Å²) in [6.45, 7) is 4.55. The van der Waals surface area contributed by atoms with Gasteiger partial charge in [-0.25, -0.2) is 0 Å². The van der Waals surface area contributed by atoms with Crippen LogP contribution in [0.1, 0.15) is 25.8 Å². The Kier molecular flexibility index (Phi) is 5.16. The molecule has 0 aromatic heterocycles. The molecule has 1 aromatic rings. The monoisotopic (exact) mass is 251 g/mol. The number of aliphatic hydroxyl groups excluding tert-OH is 1. The molecule has 0 heterocycles. The molecule has 4 heteroatoms. The van der Waals surface area contributed by atoms with E-state index in [2.05, 4.69) is 19.2 Å². The van der Waals surface area contributed by atoms with Crippen molar-refractivity contribution in [2.45, 2.75) is 25.7 Å². The zero-order valence-electron chi connectivity index (χ0n) is 11.2. The molecule has 0 unspecified atom stereocenters. The number of nitrogens with one attached hydrogen (secondary N) is 1. The molecular formula is C14H21NO3. The zero-order valence-corrected chi connectivity index (χ0v) is 11.2. The van der Waals surface area contributed by atoms with E-state index >= 15 is 0 Å². The van der Waals surface area contributed by atoms with Gasteiger partial charge < -0.3 is 15.2 Å². The number of hydrogen-bond donors (Lipinski definition) is 2. The first-order valence-corrected chi connectivity index (χ1v) is 6.01. The predicted octanol–water partition coefficient (Wildman–Crippen LogP) is 1.47. The fourth-order valence-corrected chi connectivity index (χ4v) is 1.65. The van der Waals surface area contributed by atoms with E-state index < -0.39 is 0 Å². The lowest BCUT2D eigenvalue weighted by atomic mass is 9.84. The molecule has 0 aliphatic heterocycles. The van der Waals surface area contributed by atoms with Gasteiger partial charge in [0.2, 0.25) is 5.91 Å². The normalized spacial score (nSPS) is 11.1. The Morgan fingerprint density at radius 1 is 1.33 bits per heavy atom. The van der Waals surface area contributed by atoms with Crippen molar-refractivity contribution in [2.24, 2.45) is 0 Å². The maximum atomic E-state index is 11.3. The SMILES string of the molecule is COc1ccc(C(C)(C)CNC(=O)CCO)cc1. The molecule has 0 fully saturated rings. The third-order valence-electron chi connectivity index (χ3n) is 2.94. The summed E-state index contributed by atoms with van der Waals surface area (Å²) in [7, 11) is 1.63. The number of carbonyl (C=O) groups excluding carboxylic acids is 1. The van der Waals surface area contributed by atoms with Crippen LogP contribution in [0.4, 0.5) is 0 Å². The Bertz CT molecular complexity index is 385. The Labute approximate surface area is 108 Å². The van der Waals surface area contributed by atoms with Gasteiger partial charge in [0, 0.05) is 18.4 Å². The highest BCUT2D eigenvalue weighted by Crippen LogP contribution is 2.24. The topological polar surface area (TPSA) is 58.6 Å². The summed E-state index contributed by atoms with van der Waals surface area (Å²) in [6, 6.07) is 7.81. The molecule has 2 N–H and O–H groups in total. The van der Waals surface area contributed by atoms with Gasteiger partial charge in [0.25, 0.3) is 0 Å². The largest absolute Gasteiger partial charge is 0.497 e. The fourth-order valence-electron chi connectivity index (χ4n) is 1.65. The molecule has 0 saturated heterocycles. The highest BCUT2D eigenvalue weighted by Gasteiger charge is 2.21. The van der Waals surface area contributed by atoms with Crippen LogP contribution in [0.5, 0.6) is 5.75 Å². The summed E-state index contributed by atoms with van der Waals surface area (Å²) in [5.74, 6) is 0.693. The van der Waals surface area contributed by atoms with Gasteiger partial charge in [0.05, 0.1) is 13.7 Å². The number of carbonyl (C=O) groups is 1. The lowest BCUT2D eigenvalue weighted by molar-refractivity contribution is -0.121. The van der Waals surface area contributed by atoms with Gasteiger partial charge in [-0.15, -0.1) is 0 Å². The zero-order chi connectivity index (χ0) is 13.6. The number of benzene rings is 1. The summed E-state index contributed by atoms with van der Waals surface area (Å²) in [5.41, 5.74) is 0.977. The van der Waals surface area contributed by atoms with Gasteiger partial charge in [0.1, 0.15) is 5.75 Å². The van der Waals surface area contributed by atoms with E-state index in [0.29, 0.717) is 6.54 Å². The molecule has 1 aromatic carbocycles. The number of amides is 1. The second-order valence-electron chi connectivity index (χ2n) is 4.86. The van der Waals surface area contributed by atoms with Crippen LogP contribution in [-0.2, 0) is 10.2 Å². The van der Waals surface area contributed by atoms with E-state index in [1.807, 2.05) is 24.3 Å². The molecule has 1 amide bonds. The Morgan fingerprint density at radius 3 is 2.44 bits per heavy atom. The number of aliphatic hydroxyl groups is 1. The first kappa shape index (κ1) is 14.5. The molecule has 0 radical (unpaired) electrons. The molecule has 0 bridgehead atoms.